The summed E-state index contributed by atoms with van der Waals surface area (Å²) in [6.45, 7) is 0.306. The quantitative estimate of drug-likeness (QED) is 0.574. The number of phenols is 1. The van der Waals surface area contributed by atoms with Crippen molar-refractivity contribution < 1.29 is 15.3 Å². The number of aromatic amines is 1. The van der Waals surface area contributed by atoms with Gasteiger partial charge in [-0.25, -0.2) is 0 Å². The van der Waals surface area contributed by atoms with Gasteiger partial charge in [-0.05, 0) is 37.0 Å². The van der Waals surface area contributed by atoms with Gasteiger partial charge in [0, 0.05) is 24.0 Å². The van der Waals surface area contributed by atoms with Crippen LogP contribution in [0.1, 0.15) is 30.9 Å². The smallest absolute Gasteiger partial charge is 0.248 e. The van der Waals surface area contributed by atoms with Gasteiger partial charge in [0.1, 0.15) is 5.75 Å². The molecule has 3 atom stereocenters. The van der Waals surface area contributed by atoms with Gasteiger partial charge < -0.3 is 25.6 Å². The number of nitrogens with one attached hydrogen (secondary N) is 2. The van der Waals surface area contributed by atoms with Gasteiger partial charge in [0.25, 0.3) is 0 Å². The Balaban J connectivity index is 1.83. The Morgan fingerprint density at radius 3 is 2.82 bits per heavy atom. The molecule has 3 rings (SSSR count). The van der Waals surface area contributed by atoms with E-state index in [1.165, 1.54) is 12.1 Å². The maximum Gasteiger partial charge on any atom is 0.248 e. The molecular formula is C16H20N2O4. The van der Waals surface area contributed by atoms with E-state index in [1.54, 1.807) is 12.1 Å². The number of aromatic nitrogens is 1. The minimum absolute atomic E-state index is 0.0119. The number of aliphatic hydroxyl groups is 2. The van der Waals surface area contributed by atoms with Crippen molar-refractivity contribution in [1.29, 1.82) is 0 Å². The number of hydrogen-bond acceptors (Lipinski definition) is 5. The third-order valence-electron chi connectivity index (χ3n) is 4.32. The SMILES string of the molecule is O=c1ccc2c([C@@H](O)CN[C@@H]3CCC[C@H]3O)ccc(O)c2[nH]1. The first-order valence-electron chi connectivity index (χ1n) is 7.50. The number of rotatable bonds is 4. The van der Waals surface area contributed by atoms with Crippen LogP contribution in [0.25, 0.3) is 10.9 Å². The van der Waals surface area contributed by atoms with Gasteiger partial charge in [0.2, 0.25) is 5.56 Å². The van der Waals surface area contributed by atoms with Gasteiger partial charge in [-0.1, -0.05) is 6.07 Å². The molecule has 1 heterocycles. The van der Waals surface area contributed by atoms with Crippen molar-refractivity contribution in [1.82, 2.24) is 10.3 Å². The summed E-state index contributed by atoms with van der Waals surface area (Å²) in [5, 5.41) is 33.8. The van der Waals surface area contributed by atoms with Crippen LogP contribution in [0.2, 0.25) is 0 Å². The van der Waals surface area contributed by atoms with E-state index in [1.807, 2.05) is 0 Å². The van der Waals surface area contributed by atoms with Gasteiger partial charge >= 0.3 is 0 Å². The summed E-state index contributed by atoms with van der Waals surface area (Å²) in [5.74, 6) is -0.0252. The Bertz CT molecular complexity index is 728. The molecule has 1 fully saturated rings. The number of phenolic OH excluding ortho intramolecular Hbond substituents is 1. The Morgan fingerprint density at radius 2 is 2.09 bits per heavy atom. The molecule has 0 radical (unpaired) electrons. The highest BCUT2D eigenvalue weighted by Crippen LogP contribution is 2.29. The van der Waals surface area contributed by atoms with Crippen molar-refractivity contribution >= 4 is 10.9 Å². The van der Waals surface area contributed by atoms with Gasteiger partial charge in [-0.2, -0.15) is 0 Å². The summed E-state index contributed by atoms with van der Waals surface area (Å²) in [5.41, 5.74) is 0.649. The van der Waals surface area contributed by atoms with Gasteiger partial charge in [0.05, 0.1) is 17.7 Å². The average Bonchev–Trinajstić information content (AvgIpc) is 2.91. The minimum atomic E-state index is -0.790. The Kier molecular flexibility index (Phi) is 4.15. The van der Waals surface area contributed by atoms with Crippen molar-refractivity contribution in [2.24, 2.45) is 0 Å². The number of benzene rings is 1. The third kappa shape index (κ3) is 2.85. The fourth-order valence-electron chi connectivity index (χ4n) is 3.10. The fraction of sp³-hybridized carbons (Fsp3) is 0.438. The molecule has 2 aromatic rings. The van der Waals surface area contributed by atoms with E-state index in [2.05, 4.69) is 10.3 Å². The number of aromatic hydroxyl groups is 1. The van der Waals surface area contributed by atoms with Gasteiger partial charge in [0.15, 0.2) is 0 Å². The highest BCUT2D eigenvalue weighted by Gasteiger charge is 2.25. The normalized spacial score (nSPS) is 23.0. The maximum absolute atomic E-state index is 11.4. The summed E-state index contributed by atoms with van der Waals surface area (Å²) < 4.78 is 0. The lowest BCUT2D eigenvalue weighted by Crippen LogP contribution is -2.38. The van der Waals surface area contributed by atoms with E-state index >= 15 is 0 Å². The summed E-state index contributed by atoms with van der Waals surface area (Å²) in [6, 6.07) is 6.08. The molecule has 0 unspecified atom stereocenters. The lowest BCUT2D eigenvalue weighted by atomic mass is 10.0. The molecule has 1 saturated carbocycles. The van der Waals surface area contributed by atoms with Gasteiger partial charge in [-0.15, -0.1) is 0 Å². The lowest BCUT2D eigenvalue weighted by molar-refractivity contribution is 0.127. The predicted molar refractivity (Wildman–Crippen MR) is 82.8 cm³/mol. The molecule has 6 heteroatoms. The third-order valence-corrected chi connectivity index (χ3v) is 4.32. The molecule has 1 aliphatic carbocycles. The first kappa shape index (κ1) is 15.0. The Morgan fingerprint density at radius 1 is 1.27 bits per heavy atom. The highest BCUT2D eigenvalue weighted by molar-refractivity contribution is 5.87. The summed E-state index contributed by atoms with van der Waals surface area (Å²) in [6.07, 6.45) is 1.52. The van der Waals surface area contributed by atoms with Gasteiger partial charge in [-0.3, -0.25) is 4.79 Å². The van der Waals surface area contributed by atoms with E-state index in [-0.39, 0.29) is 23.5 Å². The van der Waals surface area contributed by atoms with Crippen LogP contribution in [0.15, 0.2) is 29.1 Å². The van der Waals surface area contributed by atoms with Crippen LogP contribution in [0.3, 0.4) is 0 Å². The Hall–Kier alpha value is -1.89. The average molecular weight is 304 g/mol. The second kappa shape index (κ2) is 6.08. The molecule has 0 saturated heterocycles. The van der Waals surface area contributed by atoms with E-state index < -0.39 is 6.10 Å². The monoisotopic (exact) mass is 304 g/mol. The lowest BCUT2D eigenvalue weighted by Gasteiger charge is -2.20. The molecule has 1 aromatic carbocycles. The molecule has 22 heavy (non-hydrogen) atoms. The van der Waals surface area contributed by atoms with Crippen LogP contribution in [-0.4, -0.2) is 39.0 Å². The number of aliphatic hydroxyl groups excluding tert-OH is 2. The van der Waals surface area contributed by atoms with Crippen molar-refractivity contribution in [3.63, 3.8) is 0 Å². The molecule has 0 spiro atoms. The molecule has 0 aliphatic heterocycles. The molecule has 1 aliphatic rings. The summed E-state index contributed by atoms with van der Waals surface area (Å²) >= 11 is 0. The zero-order chi connectivity index (χ0) is 15.7. The zero-order valence-corrected chi connectivity index (χ0v) is 12.1. The summed E-state index contributed by atoms with van der Waals surface area (Å²) in [4.78, 5) is 14.0. The number of pyridine rings is 1. The maximum atomic E-state index is 11.4. The first-order valence-corrected chi connectivity index (χ1v) is 7.50. The standard InChI is InChI=1S/C16H20N2O4/c19-12-3-1-2-11(12)17-8-14(21)9-4-6-13(20)16-10(9)5-7-15(22)18-16/h4-7,11-12,14,17,19-21H,1-3,8H2,(H,18,22)/t11-,12-,14+/m1/s1. The molecule has 5 N–H and O–H groups in total. The predicted octanol–water partition coefficient (Wildman–Crippen LogP) is 0.770. The number of H-pyrrole nitrogens is 1. The molecular weight excluding hydrogens is 284 g/mol. The second-order valence-electron chi connectivity index (χ2n) is 5.81. The fourth-order valence-corrected chi connectivity index (χ4v) is 3.10. The first-order chi connectivity index (χ1) is 10.6. The van der Waals surface area contributed by atoms with E-state index in [0.29, 0.717) is 23.0 Å². The van der Waals surface area contributed by atoms with Crippen LogP contribution >= 0.6 is 0 Å². The minimum Gasteiger partial charge on any atom is -0.506 e. The van der Waals surface area contributed by atoms with Crippen molar-refractivity contribution in [2.45, 2.75) is 37.5 Å². The van der Waals surface area contributed by atoms with E-state index in [0.717, 1.165) is 19.3 Å². The van der Waals surface area contributed by atoms with E-state index in [9.17, 15) is 20.1 Å². The number of fused-ring (bicyclic) bond motifs is 1. The van der Waals surface area contributed by atoms with Crippen LogP contribution in [0.4, 0.5) is 0 Å². The van der Waals surface area contributed by atoms with Crippen molar-refractivity contribution in [3.05, 3.63) is 40.2 Å². The second-order valence-corrected chi connectivity index (χ2v) is 5.81. The zero-order valence-electron chi connectivity index (χ0n) is 12.1. The summed E-state index contributed by atoms with van der Waals surface area (Å²) in [7, 11) is 0. The largest absolute Gasteiger partial charge is 0.506 e. The molecule has 1 aromatic heterocycles. The van der Waals surface area contributed by atoms with E-state index in [4.69, 9.17) is 0 Å². The van der Waals surface area contributed by atoms with Crippen LogP contribution in [0.5, 0.6) is 5.75 Å². The molecule has 6 nitrogen and oxygen atoms in total. The topological polar surface area (TPSA) is 106 Å². The van der Waals surface area contributed by atoms with Crippen LogP contribution in [-0.2, 0) is 0 Å². The highest BCUT2D eigenvalue weighted by atomic mass is 16.3. The van der Waals surface area contributed by atoms with Crippen molar-refractivity contribution in [3.8, 4) is 5.75 Å². The Labute approximate surface area is 127 Å². The molecule has 0 amide bonds. The van der Waals surface area contributed by atoms with Crippen LogP contribution in [0, 0.1) is 0 Å². The number of hydrogen-bond donors (Lipinski definition) is 5. The van der Waals surface area contributed by atoms with Crippen LogP contribution < -0.4 is 10.9 Å². The van der Waals surface area contributed by atoms with Crippen molar-refractivity contribution in [2.75, 3.05) is 6.54 Å². The molecule has 118 valence electrons. The molecule has 0 bridgehead atoms.